The van der Waals surface area contributed by atoms with Crippen molar-refractivity contribution in [1.29, 1.82) is 0 Å². The summed E-state index contributed by atoms with van der Waals surface area (Å²) in [5.74, 6) is 0.297. The number of hydrogen-bond donors (Lipinski definition) is 3. The molecule has 0 atom stereocenters. The second kappa shape index (κ2) is 10.5. The number of aromatic amines is 1. The Kier molecular flexibility index (Phi) is 7.02. The van der Waals surface area contributed by atoms with Crippen molar-refractivity contribution in [3.8, 4) is 0 Å². The highest BCUT2D eigenvalue weighted by atomic mass is 32.1. The molecule has 0 radical (unpaired) electrons. The molecule has 3 heterocycles. The topological polar surface area (TPSA) is 93.4 Å². The predicted octanol–water partition coefficient (Wildman–Crippen LogP) is 3.80. The number of anilines is 2. The number of piperazine rings is 1. The zero-order valence-corrected chi connectivity index (χ0v) is 21.3. The summed E-state index contributed by atoms with van der Waals surface area (Å²) in [7, 11) is 2.13. The van der Waals surface area contributed by atoms with Gasteiger partial charge in [0.15, 0.2) is 0 Å². The largest absolute Gasteiger partial charge is 0.369 e. The number of aromatic nitrogens is 2. The summed E-state index contributed by atoms with van der Waals surface area (Å²) in [6.07, 6.45) is 0.272. The molecular formula is C27H30N6O2S. The Morgan fingerprint density at radius 3 is 2.58 bits per heavy atom. The molecule has 0 bridgehead atoms. The maximum absolute atomic E-state index is 12.9. The summed E-state index contributed by atoms with van der Waals surface area (Å²) in [6, 6.07) is 17.7. The van der Waals surface area contributed by atoms with Crippen LogP contribution in [0.1, 0.15) is 26.4 Å². The first-order valence-corrected chi connectivity index (χ1v) is 12.9. The highest BCUT2D eigenvalue weighted by molar-refractivity contribution is 7.18. The number of aryl methyl sites for hydroxylation is 1. The van der Waals surface area contributed by atoms with Gasteiger partial charge in [-0.3, -0.25) is 14.7 Å². The van der Waals surface area contributed by atoms with Gasteiger partial charge in [-0.15, -0.1) is 11.3 Å². The van der Waals surface area contributed by atoms with Crippen molar-refractivity contribution in [3.05, 3.63) is 76.2 Å². The fourth-order valence-electron chi connectivity index (χ4n) is 4.36. The first kappa shape index (κ1) is 24.0. The number of H-pyrrole nitrogens is 1. The van der Waals surface area contributed by atoms with E-state index in [9.17, 15) is 9.59 Å². The molecule has 8 nitrogen and oxygen atoms in total. The molecule has 1 aliphatic heterocycles. The lowest BCUT2D eigenvalue weighted by Gasteiger charge is -2.34. The second-order valence-corrected chi connectivity index (χ2v) is 10.4. The first-order chi connectivity index (χ1) is 17.4. The minimum atomic E-state index is -0.200. The van der Waals surface area contributed by atoms with Gasteiger partial charge < -0.3 is 20.4 Å². The lowest BCUT2D eigenvalue weighted by atomic mass is 10.1. The number of fused-ring (bicyclic) bond motifs is 1. The van der Waals surface area contributed by atoms with Gasteiger partial charge in [0.05, 0.1) is 11.8 Å². The Morgan fingerprint density at radius 1 is 1.06 bits per heavy atom. The van der Waals surface area contributed by atoms with E-state index in [2.05, 4.69) is 43.7 Å². The summed E-state index contributed by atoms with van der Waals surface area (Å²) >= 11 is 1.45. The van der Waals surface area contributed by atoms with Gasteiger partial charge in [-0.2, -0.15) is 5.10 Å². The van der Waals surface area contributed by atoms with Gasteiger partial charge in [0.25, 0.3) is 5.91 Å². The highest BCUT2D eigenvalue weighted by Gasteiger charge is 2.17. The van der Waals surface area contributed by atoms with Crippen LogP contribution in [-0.4, -0.2) is 60.1 Å². The molecule has 5 rings (SSSR count). The molecule has 9 heteroatoms. The second-order valence-electron chi connectivity index (χ2n) is 9.26. The Hall–Kier alpha value is -3.69. The molecule has 2 amide bonds. The number of carbonyl (C=O) groups excluding carboxylic acids is 2. The van der Waals surface area contributed by atoms with Crippen molar-refractivity contribution in [1.82, 2.24) is 20.4 Å². The molecule has 0 spiro atoms. The van der Waals surface area contributed by atoms with Crippen LogP contribution in [0.3, 0.4) is 0 Å². The third-order valence-corrected chi connectivity index (χ3v) is 7.47. The molecule has 0 aliphatic carbocycles. The van der Waals surface area contributed by atoms with Crippen LogP contribution in [0.5, 0.6) is 0 Å². The number of benzene rings is 2. The number of nitrogens with zero attached hydrogens (tertiary/aromatic N) is 3. The van der Waals surface area contributed by atoms with E-state index in [4.69, 9.17) is 0 Å². The quantitative estimate of drug-likeness (QED) is 0.358. The number of rotatable bonds is 7. The van der Waals surface area contributed by atoms with E-state index in [1.54, 1.807) is 0 Å². The number of thiophene rings is 1. The standard InChI is InChI=1S/C27H30N6O2S/c1-18-4-3-5-19(14-18)17-28-24(34)16-22-15-23-25(30-31-27(23)36-22)29-26(35)20-6-8-21(9-7-20)33-12-10-32(2)11-13-33/h3-9,14-15H,10-13,16-17H2,1-2H3,(H,28,34)(H2,29,30,31,35). The SMILES string of the molecule is Cc1cccc(CNC(=O)Cc2cc3c(NC(=O)c4ccc(N5CCN(C)CC5)cc4)[nH]nc3s2)c1. The van der Waals surface area contributed by atoms with Gasteiger partial charge in [0.1, 0.15) is 10.6 Å². The van der Waals surface area contributed by atoms with Crippen molar-refractivity contribution in [3.63, 3.8) is 0 Å². The fraction of sp³-hybridized carbons (Fsp3) is 0.296. The highest BCUT2D eigenvalue weighted by Crippen LogP contribution is 2.30. The molecule has 1 fully saturated rings. The lowest BCUT2D eigenvalue weighted by molar-refractivity contribution is -0.120. The molecule has 0 unspecified atom stereocenters. The first-order valence-electron chi connectivity index (χ1n) is 12.1. The maximum Gasteiger partial charge on any atom is 0.256 e. The van der Waals surface area contributed by atoms with Gasteiger partial charge >= 0.3 is 0 Å². The van der Waals surface area contributed by atoms with E-state index < -0.39 is 0 Å². The molecule has 36 heavy (non-hydrogen) atoms. The summed E-state index contributed by atoms with van der Waals surface area (Å²) in [5, 5.41) is 13.9. The van der Waals surface area contributed by atoms with Crippen molar-refractivity contribution in [2.24, 2.45) is 0 Å². The fourth-order valence-corrected chi connectivity index (χ4v) is 5.35. The van der Waals surface area contributed by atoms with Crippen molar-refractivity contribution in [2.45, 2.75) is 19.9 Å². The summed E-state index contributed by atoms with van der Waals surface area (Å²) in [6.45, 7) is 6.58. The smallest absolute Gasteiger partial charge is 0.256 e. The molecule has 0 saturated carbocycles. The average molecular weight is 503 g/mol. The molecule has 3 N–H and O–H groups in total. The zero-order chi connectivity index (χ0) is 25.1. The lowest BCUT2D eigenvalue weighted by Crippen LogP contribution is -2.44. The molecule has 1 saturated heterocycles. The van der Waals surface area contributed by atoms with Crippen LogP contribution < -0.4 is 15.5 Å². The number of likely N-dealkylation sites (N-methyl/N-ethyl adjacent to an activating group) is 1. The van der Waals surface area contributed by atoms with Crippen LogP contribution in [0.4, 0.5) is 11.5 Å². The van der Waals surface area contributed by atoms with Crippen LogP contribution in [0.2, 0.25) is 0 Å². The Balaban J connectivity index is 1.19. The van der Waals surface area contributed by atoms with Gasteiger partial charge in [-0.1, -0.05) is 29.8 Å². The summed E-state index contributed by atoms with van der Waals surface area (Å²) in [4.78, 5) is 31.7. The zero-order valence-electron chi connectivity index (χ0n) is 20.5. The van der Waals surface area contributed by atoms with Crippen molar-refractivity contribution < 1.29 is 9.59 Å². The summed E-state index contributed by atoms with van der Waals surface area (Å²) in [5.41, 5.74) is 3.96. The number of hydrogen-bond acceptors (Lipinski definition) is 6. The minimum Gasteiger partial charge on any atom is -0.369 e. The number of carbonyl (C=O) groups is 2. The van der Waals surface area contributed by atoms with E-state index in [-0.39, 0.29) is 18.2 Å². The van der Waals surface area contributed by atoms with Crippen molar-refractivity contribution in [2.75, 3.05) is 43.4 Å². The third-order valence-electron chi connectivity index (χ3n) is 6.45. The Bertz CT molecular complexity index is 1370. The van der Waals surface area contributed by atoms with Gasteiger partial charge in [-0.05, 0) is 49.9 Å². The van der Waals surface area contributed by atoms with Crippen molar-refractivity contribution >= 4 is 44.9 Å². The average Bonchev–Trinajstić information content (AvgIpc) is 3.44. The van der Waals surface area contributed by atoms with Crippen LogP contribution in [-0.2, 0) is 17.8 Å². The molecule has 1 aliphatic rings. The molecule has 2 aromatic carbocycles. The van der Waals surface area contributed by atoms with Crippen LogP contribution in [0.15, 0.2) is 54.6 Å². The molecule has 2 aromatic heterocycles. The van der Waals surface area contributed by atoms with E-state index in [0.29, 0.717) is 17.9 Å². The molecule has 4 aromatic rings. The van der Waals surface area contributed by atoms with Crippen LogP contribution in [0, 0.1) is 6.92 Å². The van der Waals surface area contributed by atoms with Crippen LogP contribution >= 0.6 is 11.3 Å². The van der Waals surface area contributed by atoms with E-state index in [0.717, 1.165) is 52.5 Å². The molecular weight excluding hydrogens is 472 g/mol. The maximum atomic E-state index is 12.9. The minimum absolute atomic E-state index is 0.0459. The molecule has 186 valence electrons. The normalized spacial score (nSPS) is 14.2. The number of nitrogens with one attached hydrogen (secondary N) is 3. The van der Waals surface area contributed by atoms with Gasteiger partial charge in [0.2, 0.25) is 5.91 Å². The summed E-state index contributed by atoms with van der Waals surface area (Å²) < 4.78 is 0. The Morgan fingerprint density at radius 2 is 1.83 bits per heavy atom. The van der Waals surface area contributed by atoms with Crippen LogP contribution in [0.25, 0.3) is 10.2 Å². The Labute approximate surface area is 214 Å². The number of amides is 2. The van der Waals surface area contributed by atoms with Gasteiger partial charge in [0, 0.05) is 48.9 Å². The predicted molar refractivity (Wildman–Crippen MR) is 145 cm³/mol. The van der Waals surface area contributed by atoms with Gasteiger partial charge in [-0.25, -0.2) is 0 Å². The van der Waals surface area contributed by atoms with E-state index in [1.165, 1.54) is 16.9 Å². The third kappa shape index (κ3) is 5.58. The van der Waals surface area contributed by atoms with E-state index in [1.807, 2.05) is 55.5 Å². The monoisotopic (exact) mass is 502 g/mol. The van der Waals surface area contributed by atoms with E-state index >= 15 is 0 Å².